The van der Waals surface area contributed by atoms with Gasteiger partial charge in [0.25, 0.3) is 0 Å². The fraction of sp³-hybridized carbons (Fsp3) is 0.333. The Morgan fingerprint density at radius 2 is 1.64 bits per heavy atom. The van der Waals surface area contributed by atoms with Crippen LogP contribution in [0.15, 0.2) is 42.5 Å². The van der Waals surface area contributed by atoms with Crippen LogP contribution in [-0.4, -0.2) is 44.9 Å². The molecular formula is C21H25NO6. The number of rotatable bonds is 10. The van der Waals surface area contributed by atoms with Crippen molar-refractivity contribution < 1.29 is 28.9 Å². The summed E-state index contributed by atoms with van der Waals surface area (Å²) in [5, 5.41) is 12.2. The van der Waals surface area contributed by atoms with Crippen LogP contribution in [0.5, 0.6) is 17.2 Å². The Morgan fingerprint density at radius 3 is 2.29 bits per heavy atom. The number of carbonyl (C=O) groups is 2. The highest BCUT2D eigenvalue weighted by molar-refractivity contribution is 5.80. The van der Waals surface area contributed by atoms with Gasteiger partial charge in [0.15, 0.2) is 0 Å². The quantitative estimate of drug-likeness (QED) is 0.650. The molecule has 0 aromatic heterocycles. The number of aliphatic carboxylic acids is 1. The minimum atomic E-state index is -0.981. The maximum Gasteiger partial charge on any atom is 0.308 e. The summed E-state index contributed by atoms with van der Waals surface area (Å²) in [6.07, 6.45) is 0.309. The summed E-state index contributed by atoms with van der Waals surface area (Å²) in [7, 11) is 4.61. The molecule has 150 valence electrons. The summed E-state index contributed by atoms with van der Waals surface area (Å²) < 4.78 is 15.7. The van der Waals surface area contributed by atoms with E-state index in [4.69, 9.17) is 14.2 Å². The van der Waals surface area contributed by atoms with Crippen molar-refractivity contribution in [2.24, 2.45) is 5.92 Å². The van der Waals surface area contributed by atoms with E-state index in [-0.39, 0.29) is 25.3 Å². The Hall–Kier alpha value is -3.22. The van der Waals surface area contributed by atoms with E-state index in [1.807, 2.05) is 18.2 Å². The predicted octanol–water partition coefficient (Wildman–Crippen LogP) is 2.31. The molecule has 0 aliphatic rings. The van der Waals surface area contributed by atoms with Crippen LogP contribution in [0.4, 0.5) is 0 Å². The van der Waals surface area contributed by atoms with E-state index in [2.05, 4.69) is 5.32 Å². The minimum Gasteiger partial charge on any atom is -0.497 e. The largest absolute Gasteiger partial charge is 0.497 e. The molecular weight excluding hydrogens is 362 g/mol. The second-order valence-corrected chi connectivity index (χ2v) is 6.21. The second kappa shape index (κ2) is 10.2. The molecule has 0 saturated heterocycles. The number of hydrogen-bond donors (Lipinski definition) is 2. The van der Waals surface area contributed by atoms with E-state index in [9.17, 15) is 14.7 Å². The van der Waals surface area contributed by atoms with Crippen molar-refractivity contribution in [3.63, 3.8) is 0 Å². The van der Waals surface area contributed by atoms with Crippen molar-refractivity contribution in [1.82, 2.24) is 5.32 Å². The average Bonchev–Trinajstić information content (AvgIpc) is 2.70. The maximum atomic E-state index is 12.4. The van der Waals surface area contributed by atoms with Crippen molar-refractivity contribution in [3.05, 3.63) is 53.6 Å². The normalized spacial score (nSPS) is 11.4. The Kier molecular flexibility index (Phi) is 7.68. The molecule has 2 N–H and O–H groups in total. The molecule has 2 aromatic carbocycles. The summed E-state index contributed by atoms with van der Waals surface area (Å²) in [5.74, 6) is -0.236. The van der Waals surface area contributed by atoms with Gasteiger partial charge in [-0.15, -0.1) is 0 Å². The van der Waals surface area contributed by atoms with Gasteiger partial charge in [0.1, 0.15) is 17.2 Å². The summed E-state index contributed by atoms with van der Waals surface area (Å²) in [6, 6.07) is 12.4. The molecule has 0 bridgehead atoms. The highest BCUT2D eigenvalue weighted by Crippen LogP contribution is 2.24. The molecule has 0 heterocycles. The lowest BCUT2D eigenvalue weighted by Crippen LogP contribution is -2.35. The lowest BCUT2D eigenvalue weighted by molar-refractivity contribution is -0.141. The van der Waals surface area contributed by atoms with Gasteiger partial charge in [0.05, 0.1) is 33.7 Å². The van der Waals surface area contributed by atoms with Crippen LogP contribution in [0.2, 0.25) is 0 Å². The predicted molar refractivity (Wildman–Crippen MR) is 104 cm³/mol. The van der Waals surface area contributed by atoms with E-state index >= 15 is 0 Å². The first-order valence-electron chi connectivity index (χ1n) is 8.80. The number of amides is 1. The molecule has 2 rings (SSSR count). The molecule has 2 aromatic rings. The number of carbonyl (C=O) groups excluding carboxylic acids is 1. The van der Waals surface area contributed by atoms with Crippen LogP contribution in [0, 0.1) is 5.92 Å². The first kappa shape index (κ1) is 21.1. The monoisotopic (exact) mass is 387 g/mol. The van der Waals surface area contributed by atoms with Crippen LogP contribution in [-0.2, 0) is 22.4 Å². The third-order valence-corrected chi connectivity index (χ3v) is 4.39. The molecule has 7 nitrogen and oxygen atoms in total. The van der Waals surface area contributed by atoms with Crippen LogP contribution >= 0.6 is 0 Å². The van der Waals surface area contributed by atoms with Crippen LogP contribution in [0.25, 0.3) is 0 Å². The van der Waals surface area contributed by atoms with Gasteiger partial charge in [-0.2, -0.15) is 0 Å². The van der Waals surface area contributed by atoms with Gasteiger partial charge < -0.3 is 24.6 Å². The van der Waals surface area contributed by atoms with E-state index in [1.54, 1.807) is 31.4 Å². The molecule has 1 unspecified atom stereocenters. The summed E-state index contributed by atoms with van der Waals surface area (Å²) in [5.41, 5.74) is 1.44. The van der Waals surface area contributed by atoms with E-state index in [0.29, 0.717) is 22.8 Å². The molecule has 0 aliphatic carbocycles. The zero-order valence-corrected chi connectivity index (χ0v) is 16.2. The molecule has 0 fully saturated rings. The Morgan fingerprint density at radius 1 is 0.964 bits per heavy atom. The fourth-order valence-corrected chi connectivity index (χ4v) is 2.88. The number of nitrogens with one attached hydrogen (secondary N) is 1. The number of hydrogen-bond acceptors (Lipinski definition) is 5. The SMILES string of the molecule is COc1ccc(OC)c(CC(=O)NCC(Cc2ccccc2OC)C(=O)O)c1. The van der Waals surface area contributed by atoms with Gasteiger partial charge >= 0.3 is 5.97 Å². The summed E-state index contributed by atoms with van der Waals surface area (Å²) in [6.45, 7) is 0.0124. The van der Waals surface area contributed by atoms with Crippen LogP contribution in [0.3, 0.4) is 0 Å². The summed E-state index contributed by atoms with van der Waals surface area (Å²) >= 11 is 0. The van der Waals surface area contributed by atoms with Crippen molar-refractivity contribution in [2.45, 2.75) is 12.8 Å². The molecule has 0 saturated carbocycles. The van der Waals surface area contributed by atoms with Gasteiger partial charge in [-0.3, -0.25) is 9.59 Å². The van der Waals surface area contributed by atoms with Gasteiger partial charge in [-0.25, -0.2) is 0 Å². The van der Waals surface area contributed by atoms with Crippen molar-refractivity contribution in [2.75, 3.05) is 27.9 Å². The number of benzene rings is 2. The van der Waals surface area contributed by atoms with Gasteiger partial charge in [0, 0.05) is 12.1 Å². The topological polar surface area (TPSA) is 94.1 Å². The fourth-order valence-electron chi connectivity index (χ4n) is 2.88. The van der Waals surface area contributed by atoms with Crippen molar-refractivity contribution in [3.8, 4) is 17.2 Å². The lowest BCUT2D eigenvalue weighted by atomic mass is 9.98. The Labute approximate surface area is 164 Å². The van der Waals surface area contributed by atoms with E-state index in [0.717, 1.165) is 5.56 Å². The molecule has 0 radical (unpaired) electrons. The second-order valence-electron chi connectivity index (χ2n) is 6.21. The molecule has 7 heteroatoms. The zero-order valence-electron chi connectivity index (χ0n) is 16.2. The zero-order chi connectivity index (χ0) is 20.5. The molecule has 1 amide bonds. The Bertz CT molecular complexity index is 820. The highest BCUT2D eigenvalue weighted by Gasteiger charge is 2.21. The van der Waals surface area contributed by atoms with Gasteiger partial charge in [0.2, 0.25) is 5.91 Å². The molecule has 0 aliphatic heterocycles. The van der Waals surface area contributed by atoms with Crippen molar-refractivity contribution in [1.29, 1.82) is 0 Å². The number of ether oxygens (including phenoxy) is 3. The van der Waals surface area contributed by atoms with E-state index in [1.165, 1.54) is 14.2 Å². The molecule has 1 atom stereocenters. The minimum absolute atomic E-state index is 0.0124. The van der Waals surface area contributed by atoms with Crippen molar-refractivity contribution >= 4 is 11.9 Å². The molecule has 0 spiro atoms. The number of carboxylic acid groups (broad SMARTS) is 1. The van der Waals surface area contributed by atoms with E-state index < -0.39 is 11.9 Å². The average molecular weight is 387 g/mol. The maximum absolute atomic E-state index is 12.4. The van der Waals surface area contributed by atoms with Crippen LogP contribution < -0.4 is 19.5 Å². The number of carboxylic acids is 1. The lowest BCUT2D eigenvalue weighted by Gasteiger charge is -2.16. The first-order chi connectivity index (χ1) is 13.5. The first-order valence-corrected chi connectivity index (χ1v) is 8.80. The number of para-hydroxylation sites is 1. The third-order valence-electron chi connectivity index (χ3n) is 4.39. The Balaban J connectivity index is 2.02. The third kappa shape index (κ3) is 5.64. The molecule has 28 heavy (non-hydrogen) atoms. The van der Waals surface area contributed by atoms with Gasteiger partial charge in [-0.05, 0) is 36.2 Å². The number of methoxy groups -OCH3 is 3. The smallest absolute Gasteiger partial charge is 0.308 e. The highest BCUT2D eigenvalue weighted by atomic mass is 16.5. The summed E-state index contributed by atoms with van der Waals surface area (Å²) in [4.78, 5) is 24.0. The standard InChI is InChI=1S/C21H25NO6/c1-26-17-8-9-19(28-3)15(11-17)12-20(23)22-13-16(21(24)25)10-14-6-4-5-7-18(14)27-2/h4-9,11,16H,10,12-13H2,1-3H3,(H,22,23)(H,24,25). The van der Waals surface area contributed by atoms with Crippen LogP contribution in [0.1, 0.15) is 11.1 Å². The van der Waals surface area contributed by atoms with Gasteiger partial charge in [-0.1, -0.05) is 18.2 Å².